The van der Waals surface area contributed by atoms with E-state index in [2.05, 4.69) is 5.32 Å². The third-order valence-corrected chi connectivity index (χ3v) is 8.29. The van der Waals surface area contributed by atoms with Crippen LogP contribution in [0.15, 0.2) is 83.8 Å². The zero-order chi connectivity index (χ0) is 28.0. The Bertz CT molecular complexity index is 1460. The number of hydrogen-bond donors (Lipinski definition) is 1. The largest absolute Gasteiger partial charge is 0.497 e. The first-order valence-corrected chi connectivity index (χ1v) is 14.1. The molecule has 3 amide bonds. The molecule has 1 aliphatic rings. The highest BCUT2D eigenvalue weighted by molar-refractivity contribution is 7.90. The molecule has 0 aromatic heterocycles. The molecule has 3 aromatic rings. The van der Waals surface area contributed by atoms with E-state index >= 15 is 0 Å². The molecule has 1 heterocycles. The molecule has 0 bridgehead atoms. The van der Waals surface area contributed by atoms with Gasteiger partial charge in [0, 0.05) is 19.5 Å². The van der Waals surface area contributed by atoms with Gasteiger partial charge in [-0.1, -0.05) is 61.5 Å². The summed E-state index contributed by atoms with van der Waals surface area (Å²) >= 11 is 0. The van der Waals surface area contributed by atoms with E-state index in [9.17, 15) is 22.8 Å². The van der Waals surface area contributed by atoms with Crippen LogP contribution in [0.25, 0.3) is 0 Å². The maximum atomic E-state index is 13.9. The van der Waals surface area contributed by atoms with E-state index in [1.807, 2.05) is 37.3 Å². The molecule has 204 valence electrons. The van der Waals surface area contributed by atoms with E-state index in [0.717, 1.165) is 5.56 Å². The first-order chi connectivity index (χ1) is 18.8. The van der Waals surface area contributed by atoms with Gasteiger partial charge in [-0.15, -0.1) is 0 Å². The van der Waals surface area contributed by atoms with Crippen LogP contribution in [0, 0.1) is 0 Å². The van der Waals surface area contributed by atoms with Crippen molar-refractivity contribution >= 4 is 27.7 Å². The Labute approximate surface area is 228 Å². The lowest BCUT2D eigenvalue weighted by Gasteiger charge is -2.32. The minimum absolute atomic E-state index is 0.00209. The first-order valence-electron chi connectivity index (χ1n) is 12.7. The third kappa shape index (κ3) is 6.12. The molecular formula is C29H31N3O6S. The fourth-order valence-electron chi connectivity index (χ4n) is 4.49. The van der Waals surface area contributed by atoms with Gasteiger partial charge in [0.25, 0.3) is 15.9 Å². The molecule has 3 aromatic carbocycles. The Balaban J connectivity index is 1.71. The topological polar surface area (TPSA) is 113 Å². The maximum Gasteiger partial charge on any atom is 0.269 e. The van der Waals surface area contributed by atoms with Crippen LogP contribution in [0.2, 0.25) is 0 Å². The van der Waals surface area contributed by atoms with E-state index in [0.29, 0.717) is 28.6 Å². The molecule has 0 fully saturated rings. The highest BCUT2D eigenvalue weighted by atomic mass is 32.2. The van der Waals surface area contributed by atoms with Crippen molar-refractivity contribution in [1.82, 2.24) is 14.5 Å². The molecule has 39 heavy (non-hydrogen) atoms. The lowest BCUT2D eigenvalue weighted by molar-refractivity contribution is -0.141. The van der Waals surface area contributed by atoms with Gasteiger partial charge >= 0.3 is 0 Å². The van der Waals surface area contributed by atoms with E-state index in [-0.39, 0.29) is 29.3 Å². The summed E-state index contributed by atoms with van der Waals surface area (Å²) < 4.78 is 32.2. The monoisotopic (exact) mass is 549 g/mol. The fourth-order valence-corrected chi connectivity index (χ4v) is 6.01. The summed E-state index contributed by atoms with van der Waals surface area (Å²) in [6.45, 7) is 1.61. The number of hydrogen-bond acceptors (Lipinski definition) is 6. The van der Waals surface area contributed by atoms with Crippen LogP contribution in [0.1, 0.15) is 34.8 Å². The predicted octanol–water partition coefficient (Wildman–Crippen LogP) is 3.01. The zero-order valence-electron chi connectivity index (χ0n) is 21.9. The molecule has 0 aliphatic carbocycles. The zero-order valence-corrected chi connectivity index (χ0v) is 22.7. The number of rotatable bonds is 11. The fraction of sp³-hybridized carbons (Fsp3) is 0.276. The Hall–Kier alpha value is -4.18. The molecule has 4 rings (SSSR count). The molecule has 9 nitrogen and oxygen atoms in total. The summed E-state index contributed by atoms with van der Waals surface area (Å²) in [5.41, 5.74) is 1.53. The van der Waals surface area contributed by atoms with E-state index in [1.54, 1.807) is 30.3 Å². The number of carbonyl (C=O) groups is 3. The molecule has 0 saturated heterocycles. The Morgan fingerprint density at radius 2 is 1.67 bits per heavy atom. The maximum absolute atomic E-state index is 13.9. The first kappa shape index (κ1) is 27.8. The molecular weight excluding hydrogens is 518 g/mol. The molecule has 1 N–H and O–H groups in total. The highest BCUT2D eigenvalue weighted by Crippen LogP contribution is 2.30. The molecule has 0 saturated carbocycles. The number of sulfonamides is 1. The summed E-state index contributed by atoms with van der Waals surface area (Å²) in [6, 6.07) is 21.2. The van der Waals surface area contributed by atoms with Gasteiger partial charge in [-0.3, -0.25) is 14.4 Å². The van der Waals surface area contributed by atoms with Gasteiger partial charge in [-0.05, 0) is 41.8 Å². The number of methoxy groups -OCH3 is 1. The van der Waals surface area contributed by atoms with Crippen molar-refractivity contribution in [2.75, 3.05) is 20.2 Å². The number of ether oxygens (including phenoxy) is 1. The number of nitrogens with zero attached hydrogens (tertiary/aromatic N) is 2. The molecule has 1 atom stereocenters. The third-order valence-electron chi connectivity index (χ3n) is 6.50. The van der Waals surface area contributed by atoms with Gasteiger partial charge in [-0.25, -0.2) is 12.7 Å². The number of amides is 3. The predicted molar refractivity (Wildman–Crippen MR) is 145 cm³/mol. The number of carbonyl (C=O) groups excluding carboxylic acids is 3. The second-order valence-electron chi connectivity index (χ2n) is 9.18. The minimum atomic E-state index is -4.21. The second-order valence-corrected chi connectivity index (χ2v) is 11.0. The van der Waals surface area contributed by atoms with E-state index in [4.69, 9.17) is 4.74 Å². The van der Waals surface area contributed by atoms with Crippen molar-refractivity contribution in [3.8, 4) is 5.75 Å². The van der Waals surface area contributed by atoms with Crippen LogP contribution < -0.4 is 10.1 Å². The van der Waals surface area contributed by atoms with Gasteiger partial charge < -0.3 is 15.0 Å². The average Bonchev–Trinajstić information content (AvgIpc) is 3.14. The van der Waals surface area contributed by atoms with Crippen LogP contribution in [-0.2, 0) is 32.6 Å². The van der Waals surface area contributed by atoms with Crippen molar-refractivity contribution < 1.29 is 27.5 Å². The lowest BCUT2D eigenvalue weighted by Crippen LogP contribution is -2.53. The van der Waals surface area contributed by atoms with Crippen LogP contribution in [0.5, 0.6) is 5.75 Å². The molecule has 1 unspecified atom stereocenters. The van der Waals surface area contributed by atoms with Crippen molar-refractivity contribution in [1.29, 1.82) is 0 Å². The molecule has 0 radical (unpaired) electrons. The summed E-state index contributed by atoms with van der Waals surface area (Å²) in [5, 5.41) is 2.87. The summed E-state index contributed by atoms with van der Waals surface area (Å²) in [6.07, 6.45) is 0.902. The van der Waals surface area contributed by atoms with Gasteiger partial charge in [0.15, 0.2) is 0 Å². The van der Waals surface area contributed by atoms with E-state index < -0.39 is 34.4 Å². The highest BCUT2D eigenvalue weighted by Gasteiger charge is 2.43. The summed E-state index contributed by atoms with van der Waals surface area (Å²) in [5.74, 6) is -1.23. The number of nitrogens with one attached hydrogen (secondary N) is 1. The van der Waals surface area contributed by atoms with Crippen LogP contribution >= 0.6 is 0 Å². The number of fused-ring (bicyclic) bond motifs is 1. The van der Waals surface area contributed by atoms with Crippen molar-refractivity contribution in [2.24, 2.45) is 0 Å². The Kier molecular flexibility index (Phi) is 8.65. The molecule has 0 spiro atoms. The van der Waals surface area contributed by atoms with Crippen molar-refractivity contribution in [3.63, 3.8) is 0 Å². The SMILES string of the molecule is CCCNC(=O)C(Cc1ccccc1)N(Cc1cccc(OC)c1)C(=O)CN1C(=O)c2ccccc2S1(=O)=O. The van der Waals surface area contributed by atoms with Gasteiger partial charge in [0.2, 0.25) is 11.8 Å². The molecule has 10 heteroatoms. The summed E-state index contributed by atoms with van der Waals surface area (Å²) in [7, 11) is -2.68. The van der Waals surface area contributed by atoms with Gasteiger partial charge in [0.1, 0.15) is 23.2 Å². The lowest BCUT2D eigenvalue weighted by atomic mass is 10.0. The average molecular weight is 550 g/mol. The Morgan fingerprint density at radius 3 is 2.36 bits per heavy atom. The van der Waals surface area contributed by atoms with Crippen LogP contribution in [0.3, 0.4) is 0 Å². The van der Waals surface area contributed by atoms with Gasteiger partial charge in [0.05, 0.1) is 12.7 Å². The number of benzene rings is 3. The summed E-state index contributed by atoms with van der Waals surface area (Å²) in [4.78, 5) is 41.6. The van der Waals surface area contributed by atoms with Crippen LogP contribution in [0.4, 0.5) is 0 Å². The van der Waals surface area contributed by atoms with Gasteiger partial charge in [-0.2, -0.15) is 0 Å². The quantitative estimate of drug-likeness (QED) is 0.394. The second kappa shape index (κ2) is 12.1. The molecule has 1 aliphatic heterocycles. The Morgan fingerprint density at radius 1 is 0.974 bits per heavy atom. The van der Waals surface area contributed by atoms with Crippen molar-refractivity contribution in [2.45, 2.75) is 37.2 Å². The van der Waals surface area contributed by atoms with E-state index in [1.165, 1.54) is 30.2 Å². The normalized spacial score (nSPS) is 14.4. The standard InChI is InChI=1S/C29H31N3O6S/c1-3-16-30-28(34)25(18-21-10-5-4-6-11-21)31(19-22-12-9-13-23(17-22)38-2)27(33)20-32-29(35)24-14-7-8-15-26(24)39(32,36)37/h4-15,17,25H,3,16,18-20H2,1-2H3,(H,30,34). The van der Waals surface area contributed by atoms with Crippen molar-refractivity contribution in [3.05, 3.63) is 95.6 Å². The minimum Gasteiger partial charge on any atom is -0.497 e. The van der Waals surface area contributed by atoms with Crippen LogP contribution in [-0.4, -0.2) is 61.6 Å². The smallest absolute Gasteiger partial charge is 0.269 e.